The van der Waals surface area contributed by atoms with Gasteiger partial charge in [0, 0.05) is 12.8 Å². The summed E-state index contributed by atoms with van der Waals surface area (Å²) in [6.45, 7) is 0. The van der Waals surface area contributed by atoms with E-state index in [1.807, 2.05) is 121 Å². The molecule has 0 aliphatic heterocycles. The number of Topliss-reactive ketones (excluding diaryl/α,β-unsaturated/α-hetero) is 2. The first-order valence-electron chi connectivity index (χ1n) is 12.4. The molecule has 0 aliphatic carbocycles. The summed E-state index contributed by atoms with van der Waals surface area (Å²) in [4.78, 5) is 26.6. The Morgan fingerprint density at radius 2 is 0.703 bits per heavy atom. The average molecular weight is 511 g/mol. The van der Waals surface area contributed by atoms with Gasteiger partial charge in [0.05, 0.1) is 23.3 Å². The normalized spacial score (nSPS) is 11.5. The number of ketones is 2. The molecule has 0 saturated carbocycles. The molecule has 0 bridgehead atoms. The minimum absolute atomic E-state index is 0.105. The summed E-state index contributed by atoms with van der Waals surface area (Å²) in [5.41, 5.74) is 3.33. The molecule has 0 aromatic heterocycles. The van der Waals surface area contributed by atoms with Crippen molar-refractivity contribution < 1.29 is 18.0 Å². The number of hydrogen-bond donors (Lipinski definition) is 0. The van der Waals surface area contributed by atoms with E-state index in [4.69, 9.17) is 0 Å². The molecule has 4 aromatic rings. The Morgan fingerprint density at radius 3 is 0.946 bits per heavy atom. The van der Waals surface area contributed by atoms with Crippen LogP contribution in [-0.2, 0) is 19.4 Å². The van der Waals surface area contributed by atoms with Crippen LogP contribution in [0.15, 0.2) is 121 Å². The van der Waals surface area contributed by atoms with Gasteiger partial charge in [0.25, 0.3) is 0 Å². The lowest BCUT2D eigenvalue weighted by atomic mass is 9.87. The third-order valence-electron chi connectivity index (χ3n) is 6.49. The third kappa shape index (κ3) is 7.11. The molecule has 0 radical (unpaired) electrons. The molecule has 0 heterocycles. The molecule has 37 heavy (non-hydrogen) atoms. The van der Waals surface area contributed by atoms with E-state index in [-0.39, 0.29) is 35.9 Å². The van der Waals surface area contributed by atoms with Gasteiger partial charge >= 0.3 is 0 Å². The Balaban J connectivity index is 1.44. The van der Waals surface area contributed by atoms with Crippen molar-refractivity contribution in [2.45, 2.75) is 24.7 Å². The first kappa shape index (κ1) is 26.2. The van der Waals surface area contributed by atoms with E-state index < -0.39 is 21.7 Å². The second-order valence-electron chi connectivity index (χ2n) is 9.09. The van der Waals surface area contributed by atoms with Crippen molar-refractivity contribution >= 4 is 21.4 Å². The molecular weight excluding hydrogens is 480 g/mol. The van der Waals surface area contributed by atoms with Gasteiger partial charge in [0.1, 0.15) is 11.6 Å². The second kappa shape index (κ2) is 12.4. The summed E-state index contributed by atoms with van der Waals surface area (Å²) in [6, 6.07) is 37.6. The fourth-order valence-corrected chi connectivity index (χ4v) is 5.84. The number of hydrogen-bond acceptors (Lipinski definition) is 4. The maximum atomic E-state index is 13.3. The molecule has 188 valence electrons. The van der Waals surface area contributed by atoms with Gasteiger partial charge in [-0.2, -0.15) is 0 Å². The topological polar surface area (TPSA) is 68.3 Å². The Hall–Kier alpha value is -3.83. The van der Waals surface area contributed by atoms with Crippen LogP contribution >= 0.6 is 0 Å². The van der Waals surface area contributed by atoms with E-state index in [0.717, 1.165) is 22.3 Å². The highest BCUT2D eigenvalue weighted by Crippen LogP contribution is 2.28. The number of sulfone groups is 1. The van der Waals surface area contributed by atoms with Gasteiger partial charge in [-0.25, -0.2) is 8.42 Å². The lowest BCUT2D eigenvalue weighted by Crippen LogP contribution is -2.22. The van der Waals surface area contributed by atoms with Crippen molar-refractivity contribution in [1.82, 2.24) is 0 Å². The van der Waals surface area contributed by atoms with Crippen molar-refractivity contribution in [2.24, 2.45) is 0 Å². The summed E-state index contributed by atoms with van der Waals surface area (Å²) in [7, 11) is -3.61. The number of benzene rings is 4. The molecule has 5 heteroatoms. The largest absolute Gasteiger partial charge is 0.299 e. The monoisotopic (exact) mass is 510 g/mol. The number of rotatable bonds is 12. The van der Waals surface area contributed by atoms with Gasteiger partial charge in [-0.05, 0) is 22.3 Å². The number of carbonyl (C=O) groups is 2. The lowest BCUT2D eigenvalue weighted by molar-refractivity contribution is -0.120. The minimum Gasteiger partial charge on any atom is -0.299 e. The molecule has 0 aliphatic rings. The van der Waals surface area contributed by atoms with Crippen molar-refractivity contribution in [3.63, 3.8) is 0 Å². The maximum absolute atomic E-state index is 13.3. The molecule has 0 N–H and O–H groups in total. The quantitative estimate of drug-likeness (QED) is 0.235. The minimum atomic E-state index is -3.61. The highest BCUT2D eigenvalue weighted by molar-refractivity contribution is 7.91. The Morgan fingerprint density at radius 1 is 0.459 bits per heavy atom. The molecular formula is C32H30O4S. The van der Waals surface area contributed by atoms with Crippen LogP contribution in [0.1, 0.15) is 46.9 Å². The predicted octanol–water partition coefficient (Wildman–Crippen LogP) is 5.98. The fourth-order valence-electron chi connectivity index (χ4n) is 4.61. The SMILES string of the molecule is O=C(CCS(=O)(=O)CCC(=O)C(c1ccccc1)c1ccccc1)C(c1ccccc1)c1ccccc1. The molecule has 4 aromatic carbocycles. The summed E-state index contributed by atoms with van der Waals surface area (Å²) < 4.78 is 25.9. The van der Waals surface area contributed by atoms with Crippen LogP contribution in [0.4, 0.5) is 0 Å². The zero-order valence-corrected chi connectivity index (χ0v) is 21.4. The van der Waals surface area contributed by atoms with Crippen LogP contribution in [0.25, 0.3) is 0 Å². The van der Waals surface area contributed by atoms with E-state index in [1.54, 1.807) is 0 Å². The predicted molar refractivity (Wildman–Crippen MR) is 147 cm³/mol. The smallest absolute Gasteiger partial charge is 0.151 e. The van der Waals surface area contributed by atoms with Crippen molar-refractivity contribution in [3.8, 4) is 0 Å². The first-order chi connectivity index (χ1) is 17.9. The Labute approximate surface area is 218 Å². The molecule has 4 nitrogen and oxygen atoms in total. The van der Waals surface area contributed by atoms with Crippen molar-refractivity contribution in [2.75, 3.05) is 11.5 Å². The molecule has 4 rings (SSSR count). The van der Waals surface area contributed by atoms with E-state index >= 15 is 0 Å². The average Bonchev–Trinajstić information content (AvgIpc) is 2.94. The second-order valence-corrected chi connectivity index (χ2v) is 11.4. The first-order valence-corrected chi connectivity index (χ1v) is 14.2. The van der Waals surface area contributed by atoms with Crippen LogP contribution in [0.3, 0.4) is 0 Å². The lowest BCUT2D eigenvalue weighted by Gasteiger charge is -2.18. The van der Waals surface area contributed by atoms with E-state index in [9.17, 15) is 18.0 Å². The fraction of sp³-hybridized carbons (Fsp3) is 0.188. The van der Waals surface area contributed by atoms with Gasteiger partial charge in [-0.1, -0.05) is 121 Å². The van der Waals surface area contributed by atoms with Gasteiger partial charge in [-0.15, -0.1) is 0 Å². The van der Waals surface area contributed by atoms with Gasteiger partial charge in [0.15, 0.2) is 9.84 Å². The van der Waals surface area contributed by atoms with Gasteiger partial charge in [-0.3, -0.25) is 9.59 Å². The molecule has 0 fully saturated rings. The van der Waals surface area contributed by atoms with Crippen LogP contribution in [0.2, 0.25) is 0 Å². The standard InChI is InChI=1S/C32H30O4S/c33-29(31(25-13-5-1-6-14-25)26-15-7-2-8-16-26)21-23-37(35,36)24-22-30(34)32(27-17-9-3-10-18-27)28-19-11-4-12-20-28/h1-20,31-32H,21-24H2. The van der Waals surface area contributed by atoms with E-state index in [2.05, 4.69) is 0 Å². The summed E-state index contributed by atoms with van der Waals surface area (Å²) in [5.74, 6) is -1.93. The summed E-state index contributed by atoms with van der Waals surface area (Å²) in [5, 5.41) is 0. The molecule has 0 spiro atoms. The van der Waals surface area contributed by atoms with Gasteiger partial charge in [0.2, 0.25) is 0 Å². The summed E-state index contributed by atoms with van der Waals surface area (Å²) >= 11 is 0. The van der Waals surface area contributed by atoms with Crippen LogP contribution in [-0.4, -0.2) is 31.5 Å². The molecule has 0 atom stereocenters. The van der Waals surface area contributed by atoms with Crippen molar-refractivity contribution in [1.29, 1.82) is 0 Å². The Bertz CT molecular complexity index is 1220. The van der Waals surface area contributed by atoms with E-state index in [0.29, 0.717) is 0 Å². The molecule has 0 unspecified atom stereocenters. The zero-order valence-electron chi connectivity index (χ0n) is 20.6. The highest BCUT2D eigenvalue weighted by Gasteiger charge is 2.27. The van der Waals surface area contributed by atoms with Crippen LogP contribution < -0.4 is 0 Å². The summed E-state index contributed by atoms with van der Waals surface area (Å²) in [6.07, 6.45) is -0.211. The zero-order chi connectivity index (χ0) is 26.1. The maximum Gasteiger partial charge on any atom is 0.151 e. The van der Waals surface area contributed by atoms with Gasteiger partial charge < -0.3 is 0 Å². The molecule has 0 amide bonds. The molecule has 0 saturated heterocycles. The number of carbonyl (C=O) groups excluding carboxylic acids is 2. The Kier molecular flexibility index (Phi) is 8.81. The van der Waals surface area contributed by atoms with Crippen molar-refractivity contribution in [3.05, 3.63) is 144 Å². The van der Waals surface area contributed by atoms with Crippen LogP contribution in [0, 0.1) is 0 Å². The third-order valence-corrected chi connectivity index (χ3v) is 8.15. The highest BCUT2D eigenvalue weighted by atomic mass is 32.2. The van der Waals surface area contributed by atoms with E-state index in [1.165, 1.54) is 0 Å². The van der Waals surface area contributed by atoms with Crippen LogP contribution in [0.5, 0.6) is 0 Å².